The van der Waals surface area contributed by atoms with E-state index in [0.717, 1.165) is 0 Å². The number of rotatable bonds is 3. The molecular weight excluding hydrogens is 168 g/mol. The fraction of sp³-hybridized carbons (Fsp3) is 0.429. The van der Waals surface area contributed by atoms with Crippen LogP contribution in [-0.2, 0) is 0 Å². The van der Waals surface area contributed by atoms with Crippen molar-refractivity contribution < 1.29 is 0 Å². The molecule has 0 aromatic carbocycles. The molecule has 0 radical (unpaired) electrons. The van der Waals surface area contributed by atoms with E-state index < -0.39 is 0 Å². The molecule has 0 nitrogen and oxygen atoms in total. The van der Waals surface area contributed by atoms with Crippen molar-refractivity contribution in [2.75, 3.05) is 0 Å². The Balaban J connectivity index is 3.92. The maximum atomic E-state index is 2.19. The summed E-state index contributed by atoms with van der Waals surface area (Å²) in [6.07, 6.45) is 14.6. The third-order valence-electron chi connectivity index (χ3n) is 1.47. The summed E-state index contributed by atoms with van der Waals surface area (Å²) < 4.78 is 0. The maximum Gasteiger partial charge on any atom is -0.0200 e. The van der Waals surface area contributed by atoms with E-state index in [1.807, 2.05) is 12.2 Å². The molecule has 0 aliphatic heterocycles. The minimum Gasteiger partial charge on any atom is -0.0791 e. The van der Waals surface area contributed by atoms with E-state index in [9.17, 15) is 0 Å². The van der Waals surface area contributed by atoms with Crippen LogP contribution in [0.4, 0.5) is 0 Å². The molecule has 0 spiro atoms. The Labute approximate surface area is 88.7 Å². The van der Waals surface area contributed by atoms with Gasteiger partial charge < -0.3 is 0 Å². The number of hydrogen-bond donors (Lipinski definition) is 0. The monoisotopic (exact) mass is 190 g/mol. The minimum absolute atomic E-state index is 0.272. The van der Waals surface area contributed by atoms with Crippen molar-refractivity contribution in [3.63, 3.8) is 0 Å². The van der Waals surface area contributed by atoms with Gasteiger partial charge in [-0.15, -0.1) is 0 Å². The van der Waals surface area contributed by atoms with Crippen LogP contribution in [0.2, 0.25) is 0 Å². The first kappa shape index (κ1) is 13.0. The van der Waals surface area contributed by atoms with Crippen LogP contribution in [0.25, 0.3) is 0 Å². The van der Waals surface area contributed by atoms with Crippen LogP contribution in [0.5, 0.6) is 0 Å². The molecule has 0 N–H and O–H groups in total. The highest BCUT2D eigenvalue weighted by atomic mass is 14.1. The number of hydrogen-bond acceptors (Lipinski definition) is 0. The smallest absolute Gasteiger partial charge is 0.0200 e. The summed E-state index contributed by atoms with van der Waals surface area (Å²) in [6.45, 7) is 10.8. The molecule has 78 valence electrons. The van der Waals surface area contributed by atoms with Crippen LogP contribution < -0.4 is 0 Å². The molecule has 0 unspecified atom stereocenters. The summed E-state index contributed by atoms with van der Waals surface area (Å²) in [7, 11) is 0. The highest BCUT2D eigenvalue weighted by molar-refractivity contribution is 5.17. The van der Waals surface area contributed by atoms with Crippen LogP contribution in [0, 0.1) is 5.41 Å². The molecule has 0 aromatic heterocycles. The lowest BCUT2D eigenvalue weighted by atomic mass is 9.96. The Hall–Kier alpha value is -1.04. The van der Waals surface area contributed by atoms with Gasteiger partial charge in [0.2, 0.25) is 0 Å². The summed E-state index contributed by atoms with van der Waals surface area (Å²) in [5.74, 6) is 0. The lowest BCUT2D eigenvalue weighted by Crippen LogP contribution is -1.97. The molecule has 0 aliphatic rings. The normalized spacial score (nSPS) is 13.2. The predicted octanol–water partition coefficient (Wildman–Crippen LogP) is 4.67. The van der Waals surface area contributed by atoms with Gasteiger partial charge >= 0.3 is 0 Å². The Morgan fingerprint density at radius 3 is 1.79 bits per heavy atom. The van der Waals surface area contributed by atoms with E-state index in [4.69, 9.17) is 0 Å². The molecule has 0 fully saturated rings. The van der Waals surface area contributed by atoms with Gasteiger partial charge in [0, 0.05) is 0 Å². The van der Waals surface area contributed by atoms with Gasteiger partial charge in [-0.05, 0) is 19.3 Å². The summed E-state index contributed by atoms with van der Waals surface area (Å²) in [5.41, 5.74) is 1.59. The minimum atomic E-state index is 0.272. The van der Waals surface area contributed by atoms with Crippen molar-refractivity contribution >= 4 is 0 Å². The van der Waals surface area contributed by atoms with E-state index in [1.54, 1.807) is 0 Å². The van der Waals surface area contributed by atoms with Gasteiger partial charge in [-0.2, -0.15) is 0 Å². The molecular formula is C14H22. The van der Waals surface area contributed by atoms with Crippen LogP contribution in [0.3, 0.4) is 0 Å². The van der Waals surface area contributed by atoms with Gasteiger partial charge in [0.15, 0.2) is 0 Å². The molecule has 0 amide bonds. The van der Waals surface area contributed by atoms with Crippen molar-refractivity contribution in [1.29, 1.82) is 0 Å². The molecule has 0 saturated heterocycles. The van der Waals surface area contributed by atoms with E-state index in [-0.39, 0.29) is 5.41 Å². The third-order valence-corrected chi connectivity index (χ3v) is 1.47. The number of allylic oxidation sites excluding steroid dienone is 8. The second kappa shape index (κ2) is 6.42. The average molecular weight is 190 g/mol. The summed E-state index contributed by atoms with van der Waals surface area (Å²) in [5, 5.41) is 0. The van der Waals surface area contributed by atoms with Gasteiger partial charge in [0.05, 0.1) is 0 Å². The van der Waals surface area contributed by atoms with E-state index >= 15 is 0 Å². The summed E-state index contributed by atoms with van der Waals surface area (Å²) in [4.78, 5) is 0. The summed E-state index contributed by atoms with van der Waals surface area (Å²) in [6, 6.07) is 0. The third kappa shape index (κ3) is 11.0. The largest absolute Gasteiger partial charge is 0.0791 e. The van der Waals surface area contributed by atoms with Gasteiger partial charge in [0.25, 0.3) is 0 Å². The molecule has 14 heavy (non-hydrogen) atoms. The van der Waals surface area contributed by atoms with Gasteiger partial charge in [0.1, 0.15) is 0 Å². The van der Waals surface area contributed by atoms with Crippen LogP contribution >= 0.6 is 0 Å². The lowest BCUT2D eigenvalue weighted by molar-refractivity contribution is 0.544. The highest BCUT2D eigenvalue weighted by Gasteiger charge is 2.01. The van der Waals surface area contributed by atoms with E-state index in [0.29, 0.717) is 0 Å². The van der Waals surface area contributed by atoms with Gasteiger partial charge in [-0.1, -0.05) is 68.9 Å². The summed E-state index contributed by atoms with van der Waals surface area (Å²) >= 11 is 0. The van der Waals surface area contributed by atoms with Crippen molar-refractivity contribution in [3.05, 3.63) is 48.1 Å². The zero-order valence-corrected chi connectivity index (χ0v) is 10.0. The topological polar surface area (TPSA) is 0 Å². The van der Waals surface area contributed by atoms with E-state index in [2.05, 4.69) is 65.0 Å². The maximum absolute atomic E-state index is 2.19. The zero-order chi connectivity index (χ0) is 11.0. The van der Waals surface area contributed by atoms with Crippen molar-refractivity contribution in [2.45, 2.75) is 34.6 Å². The first-order chi connectivity index (χ1) is 6.42. The molecule has 0 bridgehead atoms. The van der Waals surface area contributed by atoms with Gasteiger partial charge in [-0.3, -0.25) is 0 Å². The second-order valence-electron chi connectivity index (χ2n) is 4.74. The van der Waals surface area contributed by atoms with Crippen molar-refractivity contribution in [1.82, 2.24) is 0 Å². The fourth-order valence-corrected chi connectivity index (χ4v) is 0.785. The molecule has 0 aromatic rings. The highest BCUT2D eigenvalue weighted by Crippen LogP contribution is 2.14. The molecule has 0 heteroatoms. The van der Waals surface area contributed by atoms with Crippen molar-refractivity contribution in [2.24, 2.45) is 5.41 Å². The average Bonchev–Trinajstić information content (AvgIpc) is 2.00. The van der Waals surface area contributed by atoms with Crippen molar-refractivity contribution in [3.8, 4) is 0 Å². The first-order valence-corrected chi connectivity index (χ1v) is 5.08. The molecule has 0 aliphatic carbocycles. The predicted molar refractivity (Wildman–Crippen MR) is 66.3 cm³/mol. The second-order valence-corrected chi connectivity index (χ2v) is 4.74. The van der Waals surface area contributed by atoms with Crippen LogP contribution in [-0.4, -0.2) is 0 Å². The standard InChI is InChI=1S/C14H22/c1-13(2)11-9-7-6-8-10-12-14(3,4)5/h6-12H,1-5H3/b8-6+,9-7+,12-10+. The Morgan fingerprint density at radius 2 is 1.29 bits per heavy atom. The van der Waals surface area contributed by atoms with Crippen LogP contribution in [0.1, 0.15) is 34.6 Å². The zero-order valence-electron chi connectivity index (χ0n) is 10.0. The van der Waals surface area contributed by atoms with Crippen LogP contribution in [0.15, 0.2) is 48.1 Å². The fourth-order valence-electron chi connectivity index (χ4n) is 0.785. The van der Waals surface area contributed by atoms with E-state index in [1.165, 1.54) is 5.57 Å². The SMILES string of the molecule is CC(C)=C/C=C/C=C/C=C/C(C)(C)C. The Kier molecular flexibility index (Phi) is 5.94. The quantitative estimate of drug-likeness (QED) is 0.567. The molecule has 0 heterocycles. The Bertz CT molecular complexity index is 250. The Morgan fingerprint density at radius 1 is 0.786 bits per heavy atom. The first-order valence-electron chi connectivity index (χ1n) is 5.08. The lowest BCUT2D eigenvalue weighted by Gasteiger charge is -2.09. The molecule has 0 atom stereocenters. The molecule has 0 rings (SSSR count). The van der Waals surface area contributed by atoms with Gasteiger partial charge in [-0.25, -0.2) is 0 Å². The molecule has 0 saturated carbocycles.